The van der Waals surface area contributed by atoms with Crippen molar-refractivity contribution in [3.05, 3.63) is 46.3 Å². The fraction of sp³-hybridized carbons (Fsp3) is 0.556. The van der Waals surface area contributed by atoms with Crippen LogP contribution in [-0.2, 0) is 17.6 Å². The highest BCUT2D eigenvalue weighted by Crippen LogP contribution is 2.44. The summed E-state index contributed by atoms with van der Waals surface area (Å²) in [6.07, 6.45) is 7.71. The molecule has 1 aromatic heterocycles. The maximum Gasteiger partial charge on any atom is 0.258 e. The van der Waals surface area contributed by atoms with Gasteiger partial charge >= 0.3 is 0 Å². The Bertz CT molecular complexity index is 969. The number of hydrogen-bond donors (Lipinski definition) is 2. The largest absolute Gasteiger partial charge is 0.322 e. The van der Waals surface area contributed by atoms with E-state index in [1.165, 1.54) is 17.7 Å². The molecule has 1 aliphatic heterocycles. The average molecular weight is 468 g/mol. The molecule has 2 aliphatic rings. The van der Waals surface area contributed by atoms with E-state index in [0.29, 0.717) is 23.0 Å². The molecule has 2 heterocycles. The second kappa shape index (κ2) is 10.4. The Morgan fingerprint density at radius 1 is 1.03 bits per heavy atom. The number of benzene rings is 1. The minimum Gasteiger partial charge on any atom is -0.322 e. The molecule has 1 atom stereocenters. The van der Waals surface area contributed by atoms with Crippen LogP contribution in [0.4, 0.5) is 10.7 Å². The van der Waals surface area contributed by atoms with Crippen LogP contribution in [0.3, 0.4) is 0 Å². The van der Waals surface area contributed by atoms with Crippen LogP contribution in [0.1, 0.15) is 73.7 Å². The fourth-order valence-electron chi connectivity index (χ4n) is 5.03. The molecular weight excluding hydrogens is 430 g/mol. The Morgan fingerprint density at radius 3 is 2.39 bits per heavy atom. The molecule has 2 N–H and O–H groups in total. The van der Waals surface area contributed by atoms with Gasteiger partial charge in [-0.25, -0.2) is 0 Å². The second-order valence-corrected chi connectivity index (χ2v) is 11.7. The summed E-state index contributed by atoms with van der Waals surface area (Å²) in [5.74, 6) is 0.434. The number of hydrogen-bond acceptors (Lipinski definition) is 4. The summed E-state index contributed by atoms with van der Waals surface area (Å²) in [6, 6.07) is 9.55. The Balaban J connectivity index is 1.57. The number of nitrogens with zero attached hydrogens (tertiary/aromatic N) is 1. The highest BCUT2D eigenvalue weighted by Gasteiger charge is 2.34. The molecule has 6 heteroatoms. The first-order valence-corrected chi connectivity index (χ1v) is 13.2. The number of thiophene rings is 1. The van der Waals surface area contributed by atoms with Crippen molar-refractivity contribution in [2.45, 2.75) is 65.7 Å². The van der Waals surface area contributed by atoms with Crippen LogP contribution >= 0.6 is 11.3 Å². The highest BCUT2D eigenvalue weighted by molar-refractivity contribution is 7.17. The van der Waals surface area contributed by atoms with Gasteiger partial charge in [-0.2, -0.15) is 0 Å². The third-order valence-corrected chi connectivity index (χ3v) is 8.24. The van der Waals surface area contributed by atoms with Crippen LogP contribution in [0.5, 0.6) is 0 Å². The zero-order chi connectivity index (χ0) is 23.4. The van der Waals surface area contributed by atoms with Crippen molar-refractivity contribution in [1.82, 2.24) is 4.90 Å². The number of para-hydroxylation sites is 1. The predicted molar refractivity (Wildman–Crippen MR) is 137 cm³/mol. The van der Waals surface area contributed by atoms with Gasteiger partial charge in [0.2, 0.25) is 5.91 Å². The first-order valence-electron chi connectivity index (χ1n) is 12.3. The number of anilines is 2. The minimum atomic E-state index is -0.127. The topological polar surface area (TPSA) is 61.4 Å². The van der Waals surface area contributed by atoms with Gasteiger partial charge in [-0.3, -0.25) is 14.5 Å². The van der Waals surface area contributed by atoms with Crippen LogP contribution in [0, 0.1) is 11.3 Å². The van der Waals surface area contributed by atoms with Gasteiger partial charge in [0, 0.05) is 10.6 Å². The van der Waals surface area contributed by atoms with E-state index in [1.54, 1.807) is 11.3 Å². The van der Waals surface area contributed by atoms with Gasteiger partial charge < -0.3 is 10.6 Å². The quantitative estimate of drug-likeness (QED) is 0.570. The van der Waals surface area contributed by atoms with E-state index in [4.69, 9.17) is 0 Å². The van der Waals surface area contributed by atoms with Crippen molar-refractivity contribution in [2.24, 2.45) is 11.3 Å². The SMILES string of the molecule is CC(C)(C)[C@H]1CCc2c(sc(NC(=O)CN3CCCCCC3)c2C(=O)Nc2ccccc2)C1. The molecular formula is C27H37N3O2S. The maximum absolute atomic E-state index is 13.4. The Labute approximate surface area is 202 Å². The first-order chi connectivity index (χ1) is 15.8. The summed E-state index contributed by atoms with van der Waals surface area (Å²) in [5, 5.41) is 6.89. The van der Waals surface area contributed by atoms with Crippen molar-refractivity contribution >= 4 is 33.8 Å². The summed E-state index contributed by atoms with van der Waals surface area (Å²) in [4.78, 5) is 29.9. The molecule has 1 aromatic carbocycles. The van der Waals surface area contributed by atoms with Crippen LogP contribution in [-0.4, -0.2) is 36.3 Å². The Hall–Kier alpha value is -2.18. The molecule has 33 heavy (non-hydrogen) atoms. The lowest BCUT2D eigenvalue weighted by Gasteiger charge is -2.33. The Kier molecular flexibility index (Phi) is 7.55. The van der Waals surface area contributed by atoms with Crippen molar-refractivity contribution in [3.63, 3.8) is 0 Å². The van der Waals surface area contributed by atoms with E-state index in [-0.39, 0.29) is 17.2 Å². The molecule has 1 fully saturated rings. The number of nitrogens with one attached hydrogen (secondary N) is 2. The van der Waals surface area contributed by atoms with Gasteiger partial charge in [-0.05, 0) is 74.2 Å². The molecule has 0 radical (unpaired) electrons. The summed E-state index contributed by atoms with van der Waals surface area (Å²) in [5.41, 5.74) is 2.78. The molecule has 1 aliphatic carbocycles. The molecule has 0 saturated carbocycles. The molecule has 2 aromatic rings. The number of likely N-dealkylation sites (tertiary alicyclic amines) is 1. The average Bonchev–Trinajstić information content (AvgIpc) is 2.92. The number of carbonyl (C=O) groups is 2. The summed E-state index contributed by atoms with van der Waals surface area (Å²) < 4.78 is 0. The number of carbonyl (C=O) groups excluding carboxylic acids is 2. The standard InChI is InChI=1S/C27H37N3O2S/c1-27(2,3)19-13-14-21-22(17-19)33-26(24(21)25(32)28-20-11-7-6-8-12-20)29-23(31)18-30-15-9-4-5-10-16-30/h6-8,11-12,19H,4-5,9-10,13-18H2,1-3H3,(H,28,32)(H,29,31)/t19-/m0/s1. The summed E-state index contributed by atoms with van der Waals surface area (Å²) in [6.45, 7) is 9.23. The summed E-state index contributed by atoms with van der Waals surface area (Å²) >= 11 is 1.60. The van der Waals surface area contributed by atoms with E-state index in [2.05, 4.69) is 36.3 Å². The molecule has 0 spiro atoms. The molecule has 4 rings (SSSR count). The van der Waals surface area contributed by atoms with E-state index >= 15 is 0 Å². The van der Waals surface area contributed by atoms with Crippen molar-refractivity contribution in [3.8, 4) is 0 Å². The molecule has 0 bridgehead atoms. The number of amides is 2. The predicted octanol–water partition coefficient (Wildman–Crippen LogP) is 5.97. The van der Waals surface area contributed by atoms with Crippen LogP contribution < -0.4 is 10.6 Å². The zero-order valence-electron chi connectivity index (χ0n) is 20.2. The van der Waals surface area contributed by atoms with Gasteiger partial charge in [0.05, 0.1) is 12.1 Å². The van der Waals surface area contributed by atoms with Crippen LogP contribution in [0.15, 0.2) is 30.3 Å². The van der Waals surface area contributed by atoms with Gasteiger partial charge in [-0.15, -0.1) is 11.3 Å². The van der Waals surface area contributed by atoms with Gasteiger partial charge in [0.1, 0.15) is 5.00 Å². The number of fused-ring (bicyclic) bond motifs is 1. The molecule has 5 nitrogen and oxygen atoms in total. The lowest BCUT2D eigenvalue weighted by molar-refractivity contribution is -0.117. The highest BCUT2D eigenvalue weighted by atomic mass is 32.1. The van der Waals surface area contributed by atoms with Crippen LogP contribution in [0.25, 0.3) is 0 Å². The third kappa shape index (κ3) is 6.04. The third-order valence-electron chi connectivity index (χ3n) is 7.07. The lowest BCUT2D eigenvalue weighted by Crippen LogP contribution is -2.34. The zero-order valence-corrected chi connectivity index (χ0v) is 21.0. The molecule has 2 amide bonds. The van der Waals surface area contributed by atoms with Crippen LogP contribution in [0.2, 0.25) is 0 Å². The van der Waals surface area contributed by atoms with Crippen molar-refractivity contribution < 1.29 is 9.59 Å². The van der Waals surface area contributed by atoms with Gasteiger partial charge in [0.15, 0.2) is 0 Å². The van der Waals surface area contributed by atoms with E-state index in [9.17, 15) is 9.59 Å². The molecule has 178 valence electrons. The van der Waals surface area contributed by atoms with Gasteiger partial charge in [0.25, 0.3) is 5.91 Å². The number of rotatable bonds is 5. The first kappa shape index (κ1) is 24.0. The molecule has 0 unspecified atom stereocenters. The lowest BCUT2D eigenvalue weighted by atomic mass is 9.72. The van der Waals surface area contributed by atoms with E-state index in [0.717, 1.165) is 56.4 Å². The van der Waals surface area contributed by atoms with Crippen molar-refractivity contribution in [1.29, 1.82) is 0 Å². The second-order valence-electron chi connectivity index (χ2n) is 10.6. The Morgan fingerprint density at radius 2 is 1.73 bits per heavy atom. The van der Waals surface area contributed by atoms with Gasteiger partial charge in [-0.1, -0.05) is 51.8 Å². The van der Waals surface area contributed by atoms with E-state index < -0.39 is 0 Å². The normalized spacial score (nSPS) is 19.4. The smallest absolute Gasteiger partial charge is 0.258 e. The summed E-state index contributed by atoms with van der Waals surface area (Å²) in [7, 11) is 0. The molecule has 1 saturated heterocycles. The fourth-order valence-corrected chi connectivity index (χ4v) is 6.37. The van der Waals surface area contributed by atoms with E-state index in [1.807, 2.05) is 30.3 Å². The minimum absolute atomic E-state index is 0.0170. The monoisotopic (exact) mass is 467 g/mol. The maximum atomic E-state index is 13.4. The van der Waals surface area contributed by atoms with Crippen molar-refractivity contribution in [2.75, 3.05) is 30.3 Å².